The molecule has 1 saturated heterocycles. The molecule has 166 valence electrons. The normalized spacial score (nSPS) is 17.8. The minimum Gasteiger partial charge on any atom is -0.497 e. The number of ether oxygens (including phenoxy) is 2. The lowest BCUT2D eigenvalue weighted by Crippen LogP contribution is -2.63. The van der Waals surface area contributed by atoms with Crippen molar-refractivity contribution in [2.45, 2.75) is 18.3 Å². The number of benzene rings is 2. The molecule has 0 spiro atoms. The average molecular weight is 478 g/mol. The third-order valence-electron chi connectivity index (χ3n) is 5.12. The van der Waals surface area contributed by atoms with E-state index in [0.29, 0.717) is 22.2 Å². The van der Waals surface area contributed by atoms with Gasteiger partial charge in [-0.3, -0.25) is 15.0 Å². The largest absolute Gasteiger partial charge is 0.497 e. The van der Waals surface area contributed by atoms with Crippen LogP contribution in [0.15, 0.2) is 42.5 Å². The van der Waals surface area contributed by atoms with E-state index in [-0.39, 0.29) is 17.5 Å². The quantitative estimate of drug-likeness (QED) is 0.429. The number of nitrogens with one attached hydrogen (secondary N) is 1. The van der Waals surface area contributed by atoms with Crippen LogP contribution >= 0.6 is 23.2 Å². The first-order chi connectivity index (χ1) is 15.3. The Labute approximate surface area is 193 Å². The van der Waals surface area contributed by atoms with E-state index in [1.165, 1.54) is 17.1 Å². The topological polar surface area (TPSA) is 80.8 Å². The van der Waals surface area contributed by atoms with Gasteiger partial charge in [-0.2, -0.15) is 0 Å². The minimum atomic E-state index is -0.792. The Bertz CT molecular complexity index is 1210. The highest BCUT2D eigenvalue weighted by atomic mass is 35.5. The summed E-state index contributed by atoms with van der Waals surface area (Å²) in [5.74, 6) is -0.684. The van der Waals surface area contributed by atoms with Crippen molar-refractivity contribution in [3.05, 3.63) is 64.4 Å². The fraction of sp³-hybridized carbons (Fsp3) is 0.227. The van der Waals surface area contributed by atoms with Crippen LogP contribution < -0.4 is 14.9 Å². The van der Waals surface area contributed by atoms with E-state index in [4.69, 9.17) is 32.7 Å². The van der Waals surface area contributed by atoms with Crippen molar-refractivity contribution in [3.63, 3.8) is 0 Å². The van der Waals surface area contributed by atoms with Crippen LogP contribution in [-0.2, 0) is 9.59 Å². The second-order valence-corrected chi connectivity index (χ2v) is 8.09. The van der Waals surface area contributed by atoms with Crippen molar-refractivity contribution < 1.29 is 23.5 Å². The number of carbonyl (C=O) groups excluding carboxylic acids is 2. The number of β-lactam (4-membered cyclic amide) rings is 1. The van der Waals surface area contributed by atoms with E-state index in [1.54, 1.807) is 44.4 Å². The zero-order valence-electron chi connectivity index (χ0n) is 17.1. The van der Waals surface area contributed by atoms with E-state index in [2.05, 4.69) is 10.4 Å². The number of aryl methyl sites for hydroxylation is 1. The number of nitrogens with zero attached hydrogens (tertiary/aromatic N) is 2. The molecule has 1 N–H and O–H groups in total. The molecule has 1 aliphatic rings. The van der Waals surface area contributed by atoms with Crippen LogP contribution in [0.2, 0.25) is 5.02 Å². The fourth-order valence-electron chi connectivity index (χ4n) is 3.44. The first kappa shape index (κ1) is 22.1. The van der Waals surface area contributed by atoms with Gasteiger partial charge >= 0.3 is 0 Å². The Balaban J connectivity index is 1.43. The van der Waals surface area contributed by atoms with Gasteiger partial charge < -0.3 is 9.47 Å². The van der Waals surface area contributed by atoms with Crippen molar-refractivity contribution >= 4 is 45.9 Å². The molecule has 10 heteroatoms. The summed E-state index contributed by atoms with van der Waals surface area (Å²) in [7, 11) is 1.55. The van der Waals surface area contributed by atoms with E-state index >= 15 is 0 Å². The summed E-state index contributed by atoms with van der Waals surface area (Å²) in [6.45, 7) is 1.38. The number of halogens is 3. The second-order valence-electron chi connectivity index (χ2n) is 7.21. The zero-order valence-corrected chi connectivity index (χ0v) is 18.6. The highest BCUT2D eigenvalue weighted by Gasteiger charge is 2.48. The maximum Gasteiger partial charge on any atom is 0.276 e. The van der Waals surface area contributed by atoms with Gasteiger partial charge in [-0.15, -0.1) is 11.6 Å². The number of rotatable bonds is 6. The number of alkyl halides is 1. The van der Waals surface area contributed by atoms with E-state index < -0.39 is 29.1 Å². The van der Waals surface area contributed by atoms with Gasteiger partial charge in [0.25, 0.3) is 11.8 Å². The third-order valence-corrected chi connectivity index (χ3v) is 5.83. The highest BCUT2D eigenvalue weighted by molar-refractivity contribution is 6.33. The summed E-state index contributed by atoms with van der Waals surface area (Å²) in [5, 5.41) is 0.910. The van der Waals surface area contributed by atoms with Gasteiger partial charge in [0.05, 0.1) is 17.6 Å². The molecule has 0 unspecified atom stereocenters. The molecule has 4 rings (SSSR count). The molecule has 3 aromatic rings. The number of amides is 2. The first-order valence-corrected chi connectivity index (χ1v) is 10.4. The number of hydrogen-bond acceptors (Lipinski definition) is 5. The Morgan fingerprint density at radius 1 is 1.25 bits per heavy atom. The lowest BCUT2D eigenvalue weighted by Gasteiger charge is -2.43. The Hall–Kier alpha value is -3.10. The monoisotopic (exact) mass is 477 g/mol. The Morgan fingerprint density at radius 2 is 1.97 bits per heavy atom. The maximum atomic E-state index is 13.7. The minimum absolute atomic E-state index is 0.0595. The van der Waals surface area contributed by atoms with Crippen LogP contribution in [0, 0.1) is 12.7 Å². The molecule has 2 atom stereocenters. The number of pyridine rings is 1. The van der Waals surface area contributed by atoms with E-state index in [0.717, 1.165) is 5.56 Å². The molecule has 1 aromatic heterocycles. The number of aromatic nitrogens is 1. The summed E-state index contributed by atoms with van der Waals surface area (Å²) >= 11 is 12.0. The van der Waals surface area contributed by atoms with Crippen molar-refractivity contribution in [3.8, 4) is 11.6 Å². The number of carbonyl (C=O) groups is 2. The van der Waals surface area contributed by atoms with Gasteiger partial charge in [0.1, 0.15) is 23.0 Å². The number of fused-ring (bicyclic) bond motifs is 1. The van der Waals surface area contributed by atoms with Gasteiger partial charge in [0, 0.05) is 11.5 Å². The van der Waals surface area contributed by atoms with Crippen molar-refractivity contribution in [1.29, 1.82) is 0 Å². The maximum absolute atomic E-state index is 13.7. The van der Waals surface area contributed by atoms with E-state index in [1.807, 2.05) is 0 Å². The van der Waals surface area contributed by atoms with Gasteiger partial charge in [0.2, 0.25) is 5.88 Å². The molecule has 32 heavy (non-hydrogen) atoms. The molecular weight excluding hydrogens is 460 g/mol. The van der Waals surface area contributed by atoms with Gasteiger partial charge in [-0.25, -0.2) is 14.4 Å². The number of hydrazine groups is 1. The summed E-state index contributed by atoms with van der Waals surface area (Å²) in [6, 6.07) is 10.8. The second kappa shape index (κ2) is 8.80. The number of methoxy groups -OCH3 is 1. The van der Waals surface area contributed by atoms with Crippen LogP contribution in [0.4, 0.5) is 4.39 Å². The smallest absolute Gasteiger partial charge is 0.276 e. The third kappa shape index (κ3) is 4.16. The number of hydrogen-bond donors (Lipinski definition) is 1. The predicted molar refractivity (Wildman–Crippen MR) is 117 cm³/mol. The summed E-state index contributed by atoms with van der Waals surface area (Å²) in [6.07, 6.45) is 0. The highest BCUT2D eigenvalue weighted by Crippen LogP contribution is 2.37. The Kier molecular flexibility index (Phi) is 6.08. The van der Waals surface area contributed by atoms with Gasteiger partial charge in [-0.05, 0) is 42.3 Å². The molecule has 2 aromatic carbocycles. The molecule has 0 bridgehead atoms. The molecule has 0 saturated carbocycles. The van der Waals surface area contributed by atoms with Crippen LogP contribution in [0.3, 0.4) is 0 Å². The molecule has 7 nitrogen and oxygen atoms in total. The van der Waals surface area contributed by atoms with Crippen molar-refractivity contribution in [2.75, 3.05) is 13.7 Å². The van der Waals surface area contributed by atoms with Crippen LogP contribution in [-0.4, -0.2) is 40.9 Å². The molecule has 2 heterocycles. The summed E-state index contributed by atoms with van der Waals surface area (Å²) in [4.78, 5) is 28.9. The average Bonchev–Trinajstić information content (AvgIpc) is 2.78. The molecule has 0 aliphatic carbocycles. The summed E-state index contributed by atoms with van der Waals surface area (Å²) < 4.78 is 24.3. The molecule has 2 amide bonds. The van der Waals surface area contributed by atoms with Crippen LogP contribution in [0.1, 0.15) is 17.2 Å². The first-order valence-electron chi connectivity index (χ1n) is 9.58. The molecule has 1 aliphatic heterocycles. The lowest BCUT2D eigenvalue weighted by molar-refractivity contribution is -0.157. The van der Waals surface area contributed by atoms with Gasteiger partial charge in [-0.1, -0.05) is 23.7 Å². The van der Waals surface area contributed by atoms with Crippen LogP contribution in [0.5, 0.6) is 11.6 Å². The SMILES string of the molecule is COc1ccc([C@H]2[C@H](Cl)C(=O)N2NC(=O)COc2cc(C)c3cc(F)c(Cl)cc3n2)cc1. The Morgan fingerprint density at radius 3 is 2.66 bits per heavy atom. The van der Waals surface area contributed by atoms with Crippen molar-refractivity contribution in [1.82, 2.24) is 15.4 Å². The standard InChI is InChI=1S/C22H18Cl2FN3O4/c1-11-7-19(26-17-9-15(23)16(25)8-14(11)17)32-10-18(29)27-28-21(20(24)22(28)30)12-3-5-13(31-2)6-4-12/h3-9,20-21H,10H2,1-2H3,(H,27,29)/t20-,21-/m0/s1. The van der Waals surface area contributed by atoms with Gasteiger partial charge in [0.15, 0.2) is 6.61 Å². The van der Waals surface area contributed by atoms with E-state index in [9.17, 15) is 14.0 Å². The molecule has 1 fully saturated rings. The van der Waals surface area contributed by atoms with Crippen LogP contribution in [0.25, 0.3) is 10.9 Å². The predicted octanol–water partition coefficient (Wildman–Crippen LogP) is 3.95. The fourth-order valence-corrected chi connectivity index (χ4v) is 3.96. The molecule has 0 radical (unpaired) electrons. The molecular formula is C22H18Cl2FN3O4. The van der Waals surface area contributed by atoms with Crippen molar-refractivity contribution in [2.24, 2.45) is 0 Å². The summed E-state index contributed by atoms with van der Waals surface area (Å²) in [5.41, 5.74) is 4.42. The lowest BCUT2D eigenvalue weighted by atomic mass is 9.95. The zero-order chi connectivity index (χ0) is 23.0.